The molecule has 1 aromatic carbocycles. The molecule has 0 saturated heterocycles. The fraction of sp³-hybridized carbons (Fsp3) is 0.688. The highest BCUT2D eigenvalue weighted by molar-refractivity contribution is 6.03. The number of hydrogen-bond acceptors (Lipinski definition) is 8. The van der Waals surface area contributed by atoms with Crippen molar-refractivity contribution in [2.45, 2.75) is 105 Å². The number of carbonyl (C=O) groups is 4. The van der Waals surface area contributed by atoms with E-state index >= 15 is 0 Å². The first-order chi connectivity index (χ1) is 19.4. The summed E-state index contributed by atoms with van der Waals surface area (Å²) in [6.45, 7) is 9.82. The van der Waals surface area contributed by atoms with E-state index in [2.05, 4.69) is 13.8 Å². The molecule has 2 unspecified atom stereocenters. The lowest BCUT2D eigenvalue weighted by molar-refractivity contribution is -0.163. The maximum Gasteiger partial charge on any atom is 0.339 e. The molecule has 1 aliphatic rings. The second-order valence-corrected chi connectivity index (χ2v) is 10.1. The summed E-state index contributed by atoms with van der Waals surface area (Å²) in [5.41, 5.74) is 0.537. The van der Waals surface area contributed by atoms with Crippen LogP contribution in [0.5, 0.6) is 0 Å². The zero-order valence-electron chi connectivity index (χ0n) is 25.0. The van der Waals surface area contributed by atoms with Crippen LogP contribution in [0.4, 0.5) is 0 Å². The van der Waals surface area contributed by atoms with E-state index in [1.54, 1.807) is 24.3 Å². The van der Waals surface area contributed by atoms with Gasteiger partial charge in [-0.1, -0.05) is 78.4 Å². The smallest absolute Gasteiger partial charge is 0.339 e. The molecule has 1 aromatic rings. The van der Waals surface area contributed by atoms with Crippen molar-refractivity contribution >= 4 is 23.9 Å². The van der Waals surface area contributed by atoms with Gasteiger partial charge in [0.15, 0.2) is 0 Å². The molecule has 8 nitrogen and oxygen atoms in total. The summed E-state index contributed by atoms with van der Waals surface area (Å²) in [5, 5.41) is 0. The van der Waals surface area contributed by atoms with Crippen molar-refractivity contribution in [2.75, 3.05) is 26.4 Å². The minimum atomic E-state index is -0.471. The Bertz CT molecular complexity index is 817. The zero-order valence-corrected chi connectivity index (χ0v) is 25.0. The lowest BCUT2D eigenvalue weighted by atomic mass is 9.79. The second-order valence-electron chi connectivity index (χ2n) is 10.1. The molecular formula is C32H52O8. The molecule has 0 bridgehead atoms. The van der Waals surface area contributed by atoms with Crippen molar-refractivity contribution in [2.24, 2.45) is 11.8 Å². The molecule has 0 aromatic heterocycles. The van der Waals surface area contributed by atoms with Crippen LogP contribution >= 0.6 is 0 Å². The standard InChI is InChI=1S/C16H28O4.C16H22O4.H2/c2*1-3-5-11-19-15(17)13-9-7-8-10-14(13)16(18)20-12-6-4-2;/h13-14H,3-12H2,1-2H3;7-10H,3-6,11-12H2,1-2H3;1H. The van der Waals surface area contributed by atoms with Crippen LogP contribution in [0.2, 0.25) is 0 Å². The number of benzene rings is 1. The average Bonchev–Trinajstić information content (AvgIpc) is 2.97. The molecule has 0 amide bonds. The summed E-state index contributed by atoms with van der Waals surface area (Å²) < 4.78 is 20.8. The Balaban J connectivity index is 0.000000762. The number of carbonyl (C=O) groups excluding carboxylic acids is 4. The second kappa shape index (κ2) is 21.9. The normalized spacial score (nSPS) is 16.2. The van der Waals surface area contributed by atoms with Crippen LogP contribution in [0.25, 0.3) is 0 Å². The number of rotatable bonds is 16. The Morgan fingerprint density at radius 3 is 1.25 bits per heavy atom. The summed E-state index contributed by atoms with van der Waals surface area (Å²) in [6.07, 6.45) is 10.8. The van der Waals surface area contributed by atoms with Gasteiger partial charge in [0, 0.05) is 1.43 Å². The Hall–Kier alpha value is -2.90. The van der Waals surface area contributed by atoms with E-state index in [9.17, 15) is 19.2 Å². The first kappa shape index (κ1) is 35.1. The van der Waals surface area contributed by atoms with Crippen LogP contribution in [-0.2, 0) is 28.5 Å². The Labute approximate surface area is 242 Å². The maximum atomic E-state index is 12.1. The molecule has 228 valence electrons. The van der Waals surface area contributed by atoms with Crippen LogP contribution in [0.3, 0.4) is 0 Å². The van der Waals surface area contributed by atoms with E-state index in [-0.39, 0.29) is 36.3 Å². The molecule has 1 saturated carbocycles. The maximum absolute atomic E-state index is 12.1. The minimum Gasteiger partial charge on any atom is -0.465 e. The summed E-state index contributed by atoms with van der Waals surface area (Å²) in [4.78, 5) is 48.1. The highest BCUT2D eigenvalue weighted by atomic mass is 16.5. The largest absolute Gasteiger partial charge is 0.465 e. The van der Waals surface area contributed by atoms with Gasteiger partial charge in [-0.15, -0.1) is 0 Å². The highest BCUT2D eigenvalue weighted by Gasteiger charge is 2.37. The van der Waals surface area contributed by atoms with E-state index in [1.165, 1.54) is 0 Å². The van der Waals surface area contributed by atoms with E-state index < -0.39 is 11.9 Å². The van der Waals surface area contributed by atoms with Gasteiger partial charge < -0.3 is 18.9 Å². The van der Waals surface area contributed by atoms with E-state index in [1.807, 2.05) is 13.8 Å². The molecule has 8 heteroatoms. The summed E-state index contributed by atoms with van der Waals surface area (Å²) in [6, 6.07) is 6.59. The van der Waals surface area contributed by atoms with Crippen LogP contribution in [0, 0.1) is 11.8 Å². The van der Waals surface area contributed by atoms with Gasteiger partial charge in [-0.3, -0.25) is 9.59 Å². The number of hydrogen-bond donors (Lipinski definition) is 0. The molecule has 0 aliphatic heterocycles. The molecular weight excluding hydrogens is 512 g/mol. The number of ether oxygens (including phenoxy) is 4. The van der Waals surface area contributed by atoms with E-state index in [0.717, 1.165) is 77.0 Å². The molecule has 2 atom stereocenters. The third-order valence-electron chi connectivity index (χ3n) is 6.68. The van der Waals surface area contributed by atoms with Crippen molar-refractivity contribution < 1.29 is 39.6 Å². The summed E-state index contributed by atoms with van der Waals surface area (Å²) in [5.74, 6) is -1.96. The minimum absolute atomic E-state index is 0. The van der Waals surface area contributed by atoms with E-state index in [4.69, 9.17) is 18.9 Å². The first-order valence-electron chi connectivity index (χ1n) is 15.2. The highest BCUT2D eigenvalue weighted by Crippen LogP contribution is 2.32. The van der Waals surface area contributed by atoms with Crippen LogP contribution in [0.1, 0.15) is 127 Å². The van der Waals surface area contributed by atoms with Gasteiger partial charge in [0.2, 0.25) is 0 Å². The molecule has 0 spiro atoms. The fourth-order valence-corrected chi connectivity index (χ4v) is 4.16. The molecule has 0 radical (unpaired) electrons. The third-order valence-corrected chi connectivity index (χ3v) is 6.68. The molecule has 40 heavy (non-hydrogen) atoms. The lowest BCUT2D eigenvalue weighted by Crippen LogP contribution is -2.35. The van der Waals surface area contributed by atoms with Gasteiger partial charge in [0.05, 0.1) is 49.4 Å². The van der Waals surface area contributed by atoms with Crippen molar-refractivity contribution in [1.82, 2.24) is 0 Å². The van der Waals surface area contributed by atoms with Gasteiger partial charge in [-0.05, 0) is 50.7 Å². The van der Waals surface area contributed by atoms with Crippen molar-refractivity contribution in [3.63, 3.8) is 0 Å². The quantitative estimate of drug-likeness (QED) is 0.117. The molecule has 1 aliphatic carbocycles. The monoisotopic (exact) mass is 564 g/mol. The van der Waals surface area contributed by atoms with Gasteiger partial charge in [0.25, 0.3) is 0 Å². The Morgan fingerprint density at radius 2 is 0.925 bits per heavy atom. The van der Waals surface area contributed by atoms with Crippen LogP contribution in [0.15, 0.2) is 24.3 Å². The van der Waals surface area contributed by atoms with Crippen LogP contribution < -0.4 is 0 Å². The van der Waals surface area contributed by atoms with Gasteiger partial charge in [0.1, 0.15) is 0 Å². The van der Waals surface area contributed by atoms with Crippen molar-refractivity contribution in [1.29, 1.82) is 0 Å². The third kappa shape index (κ3) is 13.4. The fourth-order valence-electron chi connectivity index (χ4n) is 4.16. The first-order valence-corrected chi connectivity index (χ1v) is 15.2. The molecule has 0 heterocycles. The topological polar surface area (TPSA) is 105 Å². The number of esters is 4. The summed E-state index contributed by atoms with van der Waals surface area (Å²) >= 11 is 0. The Morgan fingerprint density at radius 1 is 0.600 bits per heavy atom. The number of unbranched alkanes of at least 4 members (excludes halogenated alkanes) is 4. The molecule has 1 fully saturated rings. The molecule has 0 N–H and O–H groups in total. The predicted molar refractivity (Wildman–Crippen MR) is 156 cm³/mol. The van der Waals surface area contributed by atoms with E-state index in [0.29, 0.717) is 26.4 Å². The predicted octanol–water partition coefficient (Wildman–Crippen LogP) is 7.33. The molecule has 2 rings (SSSR count). The lowest BCUT2D eigenvalue weighted by Gasteiger charge is -2.28. The Kier molecular flexibility index (Phi) is 19.2. The van der Waals surface area contributed by atoms with Crippen molar-refractivity contribution in [3.05, 3.63) is 35.4 Å². The summed E-state index contributed by atoms with van der Waals surface area (Å²) in [7, 11) is 0. The van der Waals surface area contributed by atoms with Gasteiger partial charge >= 0.3 is 23.9 Å². The zero-order chi connectivity index (χ0) is 29.6. The average molecular weight is 565 g/mol. The van der Waals surface area contributed by atoms with Gasteiger partial charge in [-0.2, -0.15) is 0 Å². The van der Waals surface area contributed by atoms with Gasteiger partial charge in [-0.25, -0.2) is 9.59 Å². The van der Waals surface area contributed by atoms with Crippen molar-refractivity contribution in [3.8, 4) is 0 Å². The SMILES string of the molecule is CCCCOC(=O)C1CCCCC1C(=O)OCCCC.CCCCOC(=O)c1ccccc1C(=O)OCCCC.[HH]. The van der Waals surface area contributed by atoms with Crippen LogP contribution in [-0.4, -0.2) is 50.3 Å².